The highest BCUT2D eigenvalue weighted by molar-refractivity contribution is 7.90. The van der Waals surface area contributed by atoms with Gasteiger partial charge in [-0.25, -0.2) is 13.1 Å². The van der Waals surface area contributed by atoms with Gasteiger partial charge < -0.3 is 0 Å². The SMILES string of the molecule is Cn1cc(C(=O)NS(=O)(=O)C2CCCC2)c(-c2cccs2)n1. The predicted octanol–water partition coefficient (Wildman–Crippen LogP) is 2.15. The smallest absolute Gasteiger partial charge is 0.268 e. The number of hydrogen-bond acceptors (Lipinski definition) is 5. The Morgan fingerprint density at radius 3 is 2.77 bits per heavy atom. The Bertz CT molecular complexity index is 772. The van der Waals surface area contributed by atoms with Crippen LogP contribution in [0.2, 0.25) is 0 Å². The van der Waals surface area contributed by atoms with Gasteiger partial charge in [-0.1, -0.05) is 18.9 Å². The molecule has 1 aliphatic carbocycles. The summed E-state index contributed by atoms with van der Waals surface area (Å²) >= 11 is 1.46. The zero-order valence-corrected chi connectivity index (χ0v) is 13.8. The third-order valence-corrected chi connectivity index (χ3v) is 6.50. The van der Waals surface area contributed by atoms with E-state index in [1.54, 1.807) is 13.2 Å². The monoisotopic (exact) mass is 339 g/mol. The first-order valence-electron chi connectivity index (χ1n) is 7.11. The molecule has 0 spiro atoms. The number of sulfonamides is 1. The van der Waals surface area contributed by atoms with Crippen molar-refractivity contribution in [1.29, 1.82) is 0 Å². The van der Waals surface area contributed by atoms with Crippen LogP contribution in [-0.4, -0.2) is 29.4 Å². The van der Waals surface area contributed by atoms with Gasteiger partial charge >= 0.3 is 0 Å². The van der Waals surface area contributed by atoms with Crippen LogP contribution in [0.4, 0.5) is 0 Å². The van der Waals surface area contributed by atoms with Crippen molar-refractivity contribution in [2.45, 2.75) is 30.9 Å². The molecule has 0 aliphatic heterocycles. The van der Waals surface area contributed by atoms with Gasteiger partial charge in [-0.05, 0) is 24.3 Å². The number of aromatic nitrogens is 2. The van der Waals surface area contributed by atoms with Crippen molar-refractivity contribution in [2.75, 3.05) is 0 Å². The van der Waals surface area contributed by atoms with E-state index in [1.807, 2.05) is 17.5 Å². The number of rotatable bonds is 4. The summed E-state index contributed by atoms with van der Waals surface area (Å²) in [6.07, 6.45) is 4.58. The molecular weight excluding hydrogens is 322 g/mol. The highest BCUT2D eigenvalue weighted by Gasteiger charge is 2.31. The maximum Gasteiger partial charge on any atom is 0.268 e. The minimum absolute atomic E-state index is 0.284. The fourth-order valence-corrected chi connectivity index (χ4v) is 4.93. The molecule has 1 aliphatic rings. The molecule has 22 heavy (non-hydrogen) atoms. The van der Waals surface area contributed by atoms with E-state index in [4.69, 9.17) is 0 Å². The fourth-order valence-electron chi connectivity index (χ4n) is 2.72. The standard InChI is InChI=1S/C14H17N3O3S2/c1-17-9-11(13(15-17)12-7-4-8-21-12)14(18)16-22(19,20)10-5-2-3-6-10/h4,7-10H,2-3,5-6H2,1H3,(H,16,18). The molecule has 8 heteroatoms. The second-order valence-corrected chi connectivity index (χ2v) is 8.33. The van der Waals surface area contributed by atoms with Crippen LogP contribution in [0.15, 0.2) is 23.7 Å². The number of carbonyl (C=O) groups is 1. The van der Waals surface area contributed by atoms with Crippen LogP contribution in [0, 0.1) is 0 Å². The maximum absolute atomic E-state index is 12.4. The molecule has 1 amide bonds. The van der Waals surface area contributed by atoms with Crippen LogP contribution in [0.25, 0.3) is 10.6 Å². The Morgan fingerprint density at radius 2 is 2.14 bits per heavy atom. The van der Waals surface area contributed by atoms with Crippen LogP contribution in [0.3, 0.4) is 0 Å². The Kier molecular flexibility index (Phi) is 4.05. The Labute approximate surface area is 133 Å². The first-order valence-corrected chi connectivity index (χ1v) is 9.53. The van der Waals surface area contributed by atoms with Crippen molar-refractivity contribution >= 4 is 27.3 Å². The summed E-state index contributed by atoms with van der Waals surface area (Å²) < 4.78 is 28.3. The number of thiophene rings is 1. The van der Waals surface area contributed by atoms with Gasteiger partial charge in [0.2, 0.25) is 10.0 Å². The molecule has 1 fully saturated rings. The van der Waals surface area contributed by atoms with Crippen LogP contribution in [0.5, 0.6) is 0 Å². The molecule has 0 radical (unpaired) electrons. The molecule has 0 saturated heterocycles. The van der Waals surface area contributed by atoms with Gasteiger partial charge in [0.1, 0.15) is 5.69 Å². The first kappa shape index (κ1) is 15.2. The van der Waals surface area contributed by atoms with E-state index < -0.39 is 21.2 Å². The minimum Gasteiger partial charge on any atom is -0.274 e. The topological polar surface area (TPSA) is 81.1 Å². The second kappa shape index (κ2) is 5.85. The van der Waals surface area contributed by atoms with E-state index >= 15 is 0 Å². The van der Waals surface area contributed by atoms with Crippen molar-refractivity contribution in [3.8, 4) is 10.6 Å². The van der Waals surface area contributed by atoms with Crippen molar-refractivity contribution < 1.29 is 13.2 Å². The highest BCUT2D eigenvalue weighted by Crippen LogP contribution is 2.27. The largest absolute Gasteiger partial charge is 0.274 e. The summed E-state index contributed by atoms with van der Waals surface area (Å²) in [6.45, 7) is 0. The molecule has 0 bridgehead atoms. The molecule has 0 unspecified atom stereocenters. The average Bonchev–Trinajstić information content (AvgIpc) is 3.19. The van der Waals surface area contributed by atoms with E-state index in [9.17, 15) is 13.2 Å². The molecule has 3 rings (SSSR count). The molecule has 0 atom stereocenters. The molecule has 1 N–H and O–H groups in total. The lowest BCUT2D eigenvalue weighted by atomic mass is 10.2. The first-order chi connectivity index (χ1) is 10.5. The number of nitrogens with one attached hydrogen (secondary N) is 1. The maximum atomic E-state index is 12.4. The molecule has 1 saturated carbocycles. The summed E-state index contributed by atoms with van der Waals surface area (Å²) in [5.41, 5.74) is 0.795. The highest BCUT2D eigenvalue weighted by atomic mass is 32.2. The Morgan fingerprint density at radius 1 is 1.41 bits per heavy atom. The number of hydrogen-bond donors (Lipinski definition) is 1. The predicted molar refractivity (Wildman–Crippen MR) is 85.2 cm³/mol. The zero-order chi connectivity index (χ0) is 15.7. The zero-order valence-electron chi connectivity index (χ0n) is 12.2. The van der Waals surface area contributed by atoms with Crippen molar-refractivity contribution in [2.24, 2.45) is 7.05 Å². The van der Waals surface area contributed by atoms with Gasteiger partial charge in [0, 0.05) is 13.2 Å². The molecular formula is C14H17N3O3S2. The van der Waals surface area contributed by atoms with Crippen LogP contribution in [0.1, 0.15) is 36.0 Å². The van der Waals surface area contributed by atoms with E-state index in [-0.39, 0.29) is 5.56 Å². The quantitative estimate of drug-likeness (QED) is 0.925. The third-order valence-electron chi connectivity index (χ3n) is 3.80. The summed E-state index contributed by atoms with van der Waals surface area (Å²) in [6, 6.07) is 3.72. The van der Waals surface area contributed by atoms with Gasteiger partial charge in [-0.2, -0.15) is 5.10 Å². The molecule has 2 heterocycles. The summed E-state index contributed by atoms with van der Waals surface area (Å²) in [4.78, 5) is 13.2. The van der Waals surface area contributed by atoms with Gasteiger partial charge in [-0.3, -0.25) is 9.48 Å². The van der Waals surface area contributed by atoms with Crippen LogP contribution < -0.4 is 4.72 Å². The second-order valence-electron chi connectivity index (χ2n) is 5.43. The van der Waals surface area contributed by atoms with Crippen molar-refractivity contribution in [3.05, 3.63) is 29.3 Å². The van der Waals surface area contributed by atoms with Crippen molar-refractivity contribution in [3.63, 3.8) is 0 Å². The molecule has 118 valence electrons. The van der Waals surface area contributed by atoms with E-state index in [1.165, 1.54) is 16.0 Å². The van der Waals surface area contributed by atoms with E-state index in [0.717, 1.165) is 17.7 Å². The minimum atomic E-state index is -3.62. The average molecular weight is 339 g/mol. The summed E-state index contributed by atoms with van der Waals surface area (Å²) in [5.74, 6) is -0.608. The number of aryl methyl sites for hydroxylation is 1. The molecule has 0 aromatic carbocycles. The van der Waals surface area contributed by atoms with Crippen molar-refractivity contribution in [1.82, 2.24) is 14.5 Å². The Balaban J connectivity index is 1.87. The van der Waals surface area contributed by atoms with Gasteiger partial charge in [0.25, 0.3) is 5.91 Å². The van der Waals surface area contributed by atoms with E-state index in [2.05, 4.69) is 9.82 Å². The third kappa shape index (κ3) is 2.93. The molecule has 6 nitrogen and oxygen atoms in total. The van der Waals surface area contributed by atoms with Crippen LogP contribution >= 0.6 is 11.3 Å². The summed E-state index contributed by atoms with van der Waals surface area (Å²) in [7, 11) is -1.91. The number of nitrogens with zero attached hydrogens (tertiary/aromatic N) is 2. The fraction of sp³-hybridized carbons (Fsp3) is 0.429. The lowest BCUT2D eigenvalue weighted by molar-refractivity contribution is 0.0981. The Hall–Kier alpha value is -1.67. The van der Waals surface area contributed by atoms with Gasteiger partial charge in [0.05, 0.1) is 15.7 Å². The summed E-state index contributed by atoms with van der Waals surface area (Å²) in [5, 5.41) is 5.70. The lowest BCUT2D eigenvalue weighted by Crippen LogP contribution is -2.37. The van der Waals surface area contributed by atoms with Crippen LogP contribution in [-0.2, 0) is 17.1 Å². The molecule has 2 aromatic heterocycles. The number of amides is 1. The normalized spacial score (nSPS) is 16.0. The van der Waals surface area contributed by atoms with E-state index in [0.29, 0.717) is 18.5 Å². The molecule has 2 aromatic rings. The van der Waals surface area contributed by atoms with Gasteiger partial charge in [0.15, 0.2) is 0 Å². The lowest BCUT2D eigenvalue weighted by Gasteiger charge is -2.11. The number of carbonyl (C=O) groups excluding carboxylic acids is 1. The van der Waals surface area contributed by atoms with Gasteiger partial charge in [-0.15, -0.1) is 11.3 Å².